The highest BCUT2D eigenvalue weighted by Crippen LogP contribution is 2.27. The minimum absolute atomic E-state index is 0.189. The summed E-state index contributed by atoms with van der Waals surface area (Å²) in [5.41, 5.74) is 4.59. The summed E-state index contributed by atoms with van der Waals surface area (Å²) in [5.74, 6) is -0.215. The molecule has 0 aliphatic carbocycles. The van der Waals surface area contributed by atoms with Gasteiger partial charge in [0.1, 0.15) is 0 Å². The van der Waals surface area contributed by atoms with Gasteiger partial charge < -0.3 is 5.32 Å². The van der Waals surface area contributed by atoms with Gasteiger partial charge in [-0.2, -0.15) is 0 Å². The highest BCUT2D eigenvalue weighted by atomic mass is 32.2. The minimum Gasteiger partial charge on any atom is -0.321 e. The highest BCUT2D eigenvalue weighted by molar-refractivity contribution is 7.92. The van der Waals surface area contributed by atoms with E-state index in [0.717, 1.165) is 33.2 Å². The van der Waals surface area contributed by atoms with E-state index in [9.17, 15) is 13.2 Å². The van der Waals surface area contributed by atoms with Crippen molar-refractivity contribution in [2.75, 3.05) is 15.9 Å². The van der Waals surface area contributed by atoms with E-state index in [1.54, 1.807) is 24.3 Å². The molecule has 0 heterocycles. The molecule has 4 rings (SSSR count). The third-order valence-corrected chi connectivity index (χ3v) is 6.74. The molecule has 4 aromatic rings. The zero-order chi connectivity index (χ0) is 23.6. The molecule has 1 N–H and O–H groups in total. The lowest BCUT2D eigenvalue weighted by Crippen LogP contribution is -2.30. The van der Waals surface area contributed by atoms with Crippen LogP contribution in [0.4, 0.5) is 11.4 Å². The third-order valence-electron chi connectivity index (χ3n) is 5.61. The molecule has 0 saturated carbocycles. The second kappa shape index (κ2) is 9.08. The topological polar surface area (TPSA) is 66.5 Å². The SMILES string of the molecule is Cc1ccc(C)c(N(Cc2ccc(C(=O)Nc3cccc4ccccc34)cc2)S(C)(=O)=O)c1. The lowest BCUT2D eigenvalue weighted by Gasteiger charge is -2.25. The summed E-state index contributed by atoms with van der Waals surface area (Å²) >= 11 is 0. The van der Waals surface area contributed by atoms with Gasteiger partial charge in [-0.25, -0.2) is 8.42 Å². The van der Waals surface area contributed by atoms with E-state index in [2.05, 4.69) is 5.32 Å². The first-order chi connectivity index (χ1) is 15.7. The number of rotatable bonds is 6. The van der Waals surface area contributed by atoms with Gasteiger partial charge in [-0.3, -0.25) is 9.10 Å². The summed E-state index contributed by atoms with van der Waals surface area (Å²) in [6.07, 6.45) is 1.21. The number of carbonyl (C=O) groups is 1. The van der Waals surface area contributed by atoms with Crippen LogP contribution >= 0.6 is 0 Å². The first kappa shape index (κ1) is 22.6. The predicted octanol–water partition coefficient (Wildman–Crippen LogP) is 5.68. The van der Waals surface area contributed by atoms with Crippen LogP contribution in [0.25, 0.3) is 10.8 Å². The number of nitrogens with zero attached hydrogens (tertiary/aromatic N) is 1. The van der Waals surface area contributed by atoms with Gasteiger partial charge in [0, 0.05) is 16.6 Å². The van der Waals surface area contributed by atoms with Crippen LogP contribution in [0.3, 0.4) is 0 Å². The summed E-state index contributed by atoms with van der Waals surface area (Å²) in [4.78, 5) is 12.8. The Bertz CT molecular complexity index is 1420. The van der Waals surface area contributed by atoms with Crippen molar-refractivity contribution >= 4 is 38.1 Å². The molecular formula is C27H26N2O3S. The van der Waals surface area contributed by atoms with Crippen LogP contribution in [0.1, 0.15) is 27.0 Å². The number of benzene rings is 4. The molecule has 0 unspecified atom stereocenters. The molecule has 6 heteroatoms. The molecule has 0 spiro atoms. The maximum Gasteiger partial charge on any atom is 0.255 e. The van der Waals surface area contributed by atoms with E-state index in [0.29, 0.717) is 11.3 Å². The monoisotopic (exact) mass is 458 g/mol. The molecule has 0 aliphatic heterocycles. The Labute approximate surface area is 194 Å². The average Bonchev–Trinajstić information content (AvgIpc) is 2.79. The van der Waals surface area contributed by atoms with Crippen LogP contribution in [0, 0.1) is 13.8 Å². The largest absolute Gasteiger partial charge is 0.321 e. The molecule has 0 aromatic heterocycles. The molecular weight excluding hydrogens is 432 g/mol. The number of fused-ring (bicyclic) bond motifs is 1. The molecule has 4 aromatic carbocycles. The smallest absolute Gasteiger partial charge is 0.255 e. The van der Waals surface area contributed by atoms with Crippen LogP contribution in [0.2, 0.25) is 0 Å². The molecule has 0 bridgehead atoms. The fourth-order valence-corrected chi connectivity index (χ4v) is 4.76. The van der Waals surface area contributed by atoms with E-state index >= 15 is 0 Å². The predicted molar refractivity (Wildman–Crippen MR) is 135 cm³/mol. The lowest BCUT2D eigenvalue weighted by molar-refractivity contribution is 0.102. The van der Waals surface area contributed by atoms with E-state index < -0.39 is 10.0 Å². The number of nitrogens with one attached hydrogen (secondary N) is 1. The van der Waals surface area contributed by atoms with Crippen molar-refractivity contribution in [2.24, 2.45) is 0 Å². The van der Waals surface area contributed by atoms with Gasteiger partial charge in [0.15, 0.2) is 0 Å². The van der Waals surface area contributed by atoms with Crippen LogP contribution in [-0.2, 0) is 16.6 Å². The first-order valence-electron chi connectivity index (χ1n) is 10.7. The van der Waals surface area contributed by atoms with Gasteiger partial charge >= 0.3 is 0 Å². The molecule has 1 amide bonds. The van der Waals surface area contributed by atoms with E-state index in [1.165, 1.54) is 10.6 Å². The zero-order valence-corrected chi connectivity index (χ0v) is 19.7. The van der Waals surface area contributed by atoms with Crippen molar-refractivity contribution in [3.63, 3.8) is 0 Å². The molecule has 0 radical (unpaired) electrons. The number of amides is 1. The van der Waals surface area contributed by atoms with Crippen molar-refractivity contribution in [2.45, 2.75) is 20.4 Å². The molecule has 0 saturated heterocycles. The Hall–Kier alpha value is -3.64. The average molecular weight is 459 g/mol. The summed E-state index contributed by atoms with van der Waals surface area (Å²) in [6, 6.07) is 26.5. The Kier molecular flexibility index (Phi) is 6.20. The quantitative estimate of drug-likeness (QED) is 0.404. The number of carbonyl (C=O) groups excluding carboxylic acids is 1. The van der Waals surface area contributed by atoms with Gasteiger partial charge in [0.2, 0.25) is 10.0 Å². The molecule has 33 heavy (non-hydrogen) atoms. The standard InChI is InChI=1S/C27H26N2O3S/c1-19-11-12-20(2)26(17-19)29(33(3,31)32)18-21-13-15-23(16-14-21)27(30)28-25-10-6-8-22-7-4-5-9-24(22)25/h4-17H,18H2,1-3H3,(H,28,30). The molecule has 0 atom stereocenters. The van der Waals surface area contributed by atoms with Crippen molar-refractivity contribution in [1.29, 1.82) is 0 Å². The molecule has 0 fully saturated rings. The van der Waals surface area contributed by atoms with E-state index in [-0.39, 0.29) is 12.5 Å². The number of sulfonamides is 1. The van der Waals surface area contributed by atoms with Crippen molar-refractivity contribution in [3.8, 4) is 0 Å². The Balaban J connectivity index is 1.56. The summed E-state index contributed by atoms with van der Waals surface area (Å²) in [5, 5.41) is 5.01. The summed E-state index contributed by atoms with van der Waals surface area (Å²) in [7, 11) is -3.49. The third kappa shape index (κ3) is 5.07. The second-order valence-electron chi connectivity index (χ2n) is 8.24. The van der Waals surface area contributed by atoms with E-state index in [1.807, 2.05) is 74.5 Å². The Morgan fingerprint density at radius 1 is 0.879 bits per heavy atom. The molecule has 5 nitrogen and oxygen atoms in total. The lowest BCUT2D eigenvalue weighted by atomic mass is 10.1. The molecule has 168 valence electrons. The number of anilines is 2. The van der Waals surface area contributed by atoms with Gasteiger partial charge in [-0.05, 0) is 60.2 Å². The van der Waals surface area contributed by atoms with Gasteiger partial charge in [-0.15, -0.1) is 0 Å². The fraction of sp³-hybridized carbons (Fsp3) is 0.148. The Morgan fingerprint density at radius 3 is 2.30 bits per heavy atom. The van der Waals surface area contributed by atoms with Crippen molar-refractivity contribution in [3.05, 3.63) is 107 Å². The number of hydrogen-bond donors (Lipinski definition) is 1. The summed E-state index contributed by atoms with van der Waals surface area (Å²) < 4.78 is 26.5. The number of aryl methyl sites for hydroxylation is 2. The Morgan fingerprint density at radius 2 is 1.58 bits per heavy atom. The first-order valence-corrected chi connectivity index (χ1v) is 12.5. The fourth-order valence-electron chi connectivity index (χ4n) is 3.83. The normalized spacial score (nSPS) is 11.4. The summed E-state index contributed by atoms with van der Waals surface area (Å²) in [6.45, 7) is 4.02. The van der Waals surface area contributed by atoms with Crippen LogP contribution < -0.4 is 9.62 Å². The number of hydrogen-bond acceptors (Lipinski definition) is 3. The van der Waals surface area contributed by atoms with Gasteiger partial charge in [-0.1, -0.05) is 60.7 Å². The van der Waals surface area contributed by atoms with Crippen LogP contribution in [0.15, 0.2) is 84.9 Å². The van der Waals surface area contributed by atoms with E-state index in [4.69, 9.17) is 0 Å². The van der Waals surface area contributed by atoms with Crippen LogP contribution in [-0.4, -0.2) is 20.6 Å². The van der Waals surface area contributed by atoms with Gasteiger partial charge in [0.25, 0.3) is 5.91 Å². The molecule has 0 aliphatic rings. The maximum absolute atomic E-state index is 12.8. The highest BCUT2D eigenvalue weighted by Gasteiger charge is 2.20. The van der Waals surface area contributed by atoms with Gasteiger partial charge in [0.05, 0.1) is 18.5 Å². The maximum atomic E-state index is 12.8. The zero-order valence-electron chi connectivity index (χ0n) is 18.9. The second-order valence-corrected chi connectivity index (χ2v) is 10.1. The van der Waals surface area contributed by atoms with Crippen molar-refractivity contribution < 1.29 is 13.2 Å². The van der Waals surface area contributed by atoms with Crippen molar-refractivity contribution in [1.82, 2.24) is 0 Å². The van der Waals surface area contributed by atoms with Crippen LogP contribution in [0.5, 0.6) is 0 Å². The minimum atomic E-state index is -3.49.